The van der Waals surface area contributed by atoms with Gasteiger partial charge in [-0.1, -0.05) is 0 Å². The maximum atomic E-state index is 11.6. The predicted octanol–water partition coefficient (Wildman–Crippen LogP) is 1.45. The predicted molar refractivity (Wildman–Crippen MR) is 87.4 cm³/mol. The Morgan fingerprint density at radius 2 is 2.04 bits per heavy atom. The van der Waals surface area contributed by atoms with Gasteiger partial charge in [0.2, 0.25) is 0 Å². The van der Waals surface area contributed by atoms with E-state index in [0.717, 1.165) is 0 Å². The van der Waals surface area contributed by atoms with Gasteiger partial charge in [0.1, 0.15) is 5.60 Å². The van der Waals surface area contributed by atoms with Crippen LogP contribution in [-0.2, 0) is 14.6 Å². The summed E-state index contributed by atoms with van der Waals surface area (Å²) < 4.78 is 28.2. The summed E-state index contributed by atoms with van der Waals surface area (Å²) in [5, 5.41) is 10.5. The number of carbonyl (C=O) groups is 1. The molecule has 1 unspecified atom stereocenters. The zero-order valence-electron chi connectivity index (χ0n) is 13.7. The molecule has 9 heteroatoms. The van der Waals surface area contributed by atoms with Crippen LogP contribution in [0.3, 0.4) is 0 Å². The van der Waals surface area contributed by atoms with Crippen LogP contribution in [0.5, 0.6) is 0 Å². The van der Waals surface area contributed by atoms with Crippen LogP contribution >= 0.6 is 0 Å². The molecule has 128 valence electrons. The van der Waals surface area contributed by atoms with E-state index in [-0.39, 0.29) is 23.4 Å². The SMILES string of the molecule is CN(c1ccc(NC(=O)OC(C)(C)C)nn1)C1CCS(=O)(=O)C1. The maximum Gasteiger partial charge on any atom is 0.413 e. The molecule has 1 aromatic heterocycles. The average molecular weight is 342 g/mol. The Morgan fingerprint density at radius 3 is 2.52 bits per heavy atom. The Labute approximate surface area is 136 Å². The van der Waals surface area contributed by atoms with Crippen molar-refractivity contribution < 1.29 is 17.9 Å². The molecule has 0 radical (unpaired) electrons. The minimum Gasteiger partial charge on any atom is -0.444 e. The second kappa shape index (κ2) is 6.31. The molecule has 1 aromatic rings. The molecule has 8 nitrogen and oxygen atoms in total. The van der Waals surface area contributed by atoms with Crippen LogP contribution in [0.15, 0.2) is 12.1 Å². The normalized spacial score (nSPS) is 20.1. The molecule has 1 N–H and O–H groups in total. The molecule has 0 spiro atoms. The second-order valence-corrected chi connectivity index (χ2v) is 8.80. The van der Waals surface area contributed by atoms with Crippen molar-refractivity contribution in [3.63, 3.8) is 0 Å². The van der Waals surface area contributed by atoms with Gasteiger partial charge in [-0.3, -0.25) is 5.32 Å². The molecule has 1 aliphatic heterocycles. The summed E-state index contributed by atoms with van der Waals surface area (Å²) in [4.78, 5) is 13.4. The summed E-state index contributed by atoms with van der Waals surface area (Å²) in [6.45, 7) is 5.31. The van der Waals surface area contributed by atoms with Crippen LogP contribution < -0.4 is 10.2 Å². The Balaban J connectivity index is 1.98. The third-order valence-electron chi connectivity index (χ3n) is 3.40. The van der Waals surface area contributed by atoms with Crippen LogP contribution in [0.4, 0.5) is 16.4 Å². The number of nitrogens with zero attached hydrogens (tertiary/aromatic N) is 3. The van der Waals surface area contributed by atoms with Gasteiger partial charge in [-0.25, -0.2) is 13.2 Å². The molecule has 2 heterocycles. The van der Waals surface area contributed by atoms with Gasteiger partial charge in [-0.05, 0) is 39.3 Å². The lowest BCUT2D eigenvalue weighted by Gasteiger charge is -2.24. The number of nitrogens with one attached hydrogen (secondary N) is 1. The van der Waals surface area contributed by atoms with Crippen molar-refractivity contribution in [2.24, 2.45) is 0 Å². The molecule has 1 atom stereocenters. The van der Waals surface area contributed by atoms with Gasteiger partial charge in [0, 0.05) is 13.1 Å². The highest BCUT2D eigenvalue weighted by Crippen LogP contribution is 2.21. The lowest BCUT2D eigenvalue weighted by molar-refractivity contribution is 0.0635. The first-order valence-corrected chi connectivity index (χ1v) is 9.15. The summed E-state index contributed by atoms with van der Waals surface area (Å²) in [6.07, 6.45) is -0.0203. The van der Waals surface area contributed by atoms with E-state index < -0.39 is 21.5 Å². The van der Waals surface area contributed by atoms with E-state index >= 15 is 0 Å². The summed E-state index contributed by atoms with van der Waals surface area (Å²) in [7, 11) is -1.17. The summed E-state index contributed by atoms with van der Waals surface area (Å²) >= 11 is 0. The molecular weight excluding hydrogens is 320 g/mol. The minimum atomic E-state index is -2.95. The second-order valence-electron chi connectivity index (χ2n) is 6.57. The number of ether oxygens (including phenoxy) is 1. The highest BCUT2D eigenvalue weighted by molar-refractivity contribution is 7.91. The van der Waals surface area contributed by atoms with E-state index in [4.69, 9.17) is 4.74 Å². The largest absolute Gasteiger partial charge is 0.444 e. The van der Waals surface area contributed by atoms with E-state index in [9.17, 15) is 13.2 Å². The molecule has 23 heavy (non-hydrogen) atoms. The fourth-order valence-corrected chi connectivity index (χ4v) is 4.03. The average Bonchev–Trinajstić information content (AvgIpc) is 2.77. The van der Waals surface area contributed by atoms with Crippen molar-refractivity contribution in [3.8, 4) is 0 Å². The van der Waals surface area contributed by atoms with E-state index in [1.165, 1.54) is 0 Å². The number of hydrogen-bond acceptors (Lipinski definition) is 7. The fraction of sp³-hybridized carbons (Fsp3) is 0.643. The molecule has 0 aliphatic carbocycles. The number of anilines is 2. The van der Waals surface area contributed by atoms with Crippen LogP contribution in [0.2, 0.25) is 0 Å². The highest BCUT2D eigenvalue weighted by atomic mass is 32.2. The lowest BCUT2D eigenvalue weighted by Crippen LogP contribution is -2.33. The number of rotatable bonds is 3. The Bertz CT molecular complexity index is 667. The number of sulfone groups is 1. The van der Waals surface area contributed by atoms with E-state index in [2.05, 4.69) is 15.5 Å². The maximum absolute atomic E-state index is 11.6. The molecule has 1 saturated heterocycles. The van der Waals surface area contributed by atoms with Crippen molar-refractivity contribution in [1.82, 2.24) is 10.2 Å². The first-order chi connectivity index (χ1) is 10.6. The standard InChI is InChI=1S/C14H22N4O4S/c1-14(2,3)22-13(19)15-11-5-6-12(17-16-11)18(4)10-7-8-23(20,21)9-10/h5-6,10H,7-9H2,1-4H3,(H,15,16,19). The molecule has 2 rings (SSSR count). The highest BCUT2D eigenvalue weighted by Gasteiger charge is 2.31. The topological polar surface area (TPSA) is 101 Å². The fourth-order valence-electron chi connectivity index (χ4n) is 2.26. The molecule has 0 aromatic carbocycles. The molecule has 1 aliphatic rings. The Morgan fingerprint density at radius 1 is 1.35 bits per heavy atom. The van der Waals surface area contributed by atoms with Crippen molar-refractivity contribution in [1.29, 1.82) is 0 Å². The zero-order valence-corrected chi connectivity index (χ0v) is 14.6. The smallest absolute Gasteiger partial charge is 0.413 e. The van der Waals surface area contributed by atoms with Crippen molar-refractivity contribution in [3.05, 3.63) is 12.1 Å². The molecule has 0 saturated carbocycles. The third kappa shape index (κ3) is 5.05. The Kier molecular flexibility index (Phi) is 4.79. The van der Waals surface area contributed by atoms with Crippen molar-refractivity contribution >= 4 is 27.6 Å². The summed E-state index contributed by atoms with van der Waals surface area (Å²) in [5.74, 6) is 1.16. The molecule has 1 amide bonds. The number of amides is 1. The zero-order chi connectivity index (χ0) is 17.3. The number of aromatic nitrogens is 2. The van der Waals surface area contributed by atoms with Gasteiger partial charge >= 0.3 is 6.09 Å². The van der Waals surface area contributed by atoms with Gasteiger partial charge in [0.15, 0.2) is 21.5 Å². The first-order valence-electron chi connectivity index (χ1n) is 7.33. The van der Waals surface area contributed by atoms with E-state index in [1.807, 2.05) is 0 Å². The van der Waals surface area contributed by atoms with E-state index in [1.54, 1.807) is 44.9 Å². The summed E-state index contributed by atoms with van der Waals surface area (Å²) in [5.41, 5.74) is -0.592. The van der Waals surface area contributed by atoms with Crippen molar-refractivity contribution in [2.45, 2.75) is 38.8 Å². The molecular formula is C14H22N4O4S. The van der Waals surface area contributed by atoms with Gasteiger partial charge in [-0.2, -0.15) is 0 Å². The monoisotopic (exact) mass is 342 g/mol. The van der Waals surface area contributed by atoms with Gasteiger partial charge in [-0.15, -0.1) is 10.2 Å². The van der Waals surface area contributed by atoms with Crippen molar-refractivity contribution in [2.75, 3.05) is 28.8 Å². The van der Waals surface area contributed by atoms with Crippen LogP contribution in [-0.4, -0.2) is 54.9 Å². The van der Waals surface area contributed by atoms with Gasteiger partial charge < -0.3 is 9.64 Å². The summed E-state index contributed by atoms with van der Waals surface area (Å²) in [6, 6.07) is 3.19. The quantitative estimate of drug-likeness (QED) is 0.887. The molecule has 1 fully saturated rings. The van der Waals surface area contributed by atoms with Crippen LogP contribution in [0, 0.1) is 0 Å². The van der Waals surface area contributed by atoms with E-state index in [0.29, 0.717) is 12.2 Å². The molecule has 0 bridgehead atoms. The minimum absolute atomic E-state index is 0.0982. The van der Waals surface area contributed by atoms with Gasteiger partial charge in [0.25, 0.3) is 0 Å². The van der Waals surface area contributed by atoms with Crippen LogP contribution in [0.1, 0.15) is 27.2 Å². The Hall–Kier alpha value is -1.90. The van der Waals surface area contributed by atoms with Gasteiger partial charge in [0.05, 0.1) is 11.5 Å². The number of hydrogen-bond donors (Lipinski definition) is 1. The third-order valence-corrected chi connectivity index (χ3v) is 5.15. The first kappa shape index (κ1) is 17.5. The lowest BCUT2D eigenvalue weighted by atomic mass is 10.2. The van der Waals surface area contributed by atoms with Crippen LogP contribution in [0.25, 0.3) is 0 Å². The number of carbonyl (C=O) groups excluding carboxylic acids is 1.